The second-order valence-corrected chi connectivity index (χ2v) is 7.36. The van der Waals surface area contributed by atoms with Crippen LogP contribution in [0.2, 0.25) is 0 Å². The van der Waals surface area contributed by atoms with Gasteiger partial charge in [0.25, 0.3) is 0 Å². The number of piperazine rings is 1. The van der Waals surface area contributed by atoms with Gasteiger partial charge in [-0.1, -0.05) is 0 Å². The number of anilines is 1. The summed E-state index contributed by atoms with van der Waals surface area (Å²) in [4.78, 5) is 39.7. The van der Waals surface area contributed by atoms with Gasteiger partial charge in [-0.25, -0.2) is 4.79 Å². The maximum atomic E-state index is 12.6. The van der Waals surface area contributed by atoms with Crippen LogP contribution in [-0.4, -0.2) is 68.6 Å². The van der Waals surface area contributed by atoms with Crippen molar-refractivity contribution in [2.45, 2.75) is 26.2 Å². The predicted molar refractivity (Wildman–Crippen MR) is 115 cm³/mol. The van der Waals surface area contributed by atoms with Crippen molar-refractivity contribution in [3.8, 4) is 5.75 Å². The van der Waals surface area contributed by atoms with Crippen molar-refractivity contribution in [2.75, 3.05) is 50.8 Å². The minimum atomic E-state index is -0.432. The number of rotatable bonds is 8. The fourth-order valence-electron chi connectivity index (χ4n) is 3.68. The van der Waals surface area contributed by atoms with Crippen LogP contribution in [0.5, 0.6) is 5.75 Å². The first kappa shape index (κ1) is 24.0. The van der Waals surface area contributed by atoms with Gasteiger partial charge in [0.1, 0.15) is 18.8 Å². The molecular formula is C21H30ClN3O5. The molecule has 0 aromatic heterocycles. The lowest BCUT2D eigenvalue weighted by atomic mass is 9.94. The summed E-state index contributed by atoms with van der Waals surface area (Å²) in [6, 6.07) is 6.79. The first-order chi connectivity index (χ1) is 14.1. The van der Waals surface area contributed by atoms with Crippen LogP contribution >= 0.6 is 12.4 Å². The Morgan fingerprint density at radius 1 is 1.10 bits per heavy atom. The van der Waals surface area contributed by atoms with E-state index in [-0.39, 0.29) is 43.9 Å². The lowest BCUT2D eigenvalue weighted by Crippen LogP contribution is -2.54. The predicted octanol–water partition coefficient (Wildman–Crippen LogP) is 1.62. The number of carbonyl (C=O) groups excluding carboxylic acids is 3. The Hall–Kier alpha value is -2.32. The summed E-state index contributed by atoms with van der Waals surface area (Å²) in [5.41, 5.74) is 0.643. The summed E-state index contributed by atoms with van der Waals surface area (Å²) in [6.45, 7) is 4.75. The molecule has 0 spiro atoms. The third-order valence-corrected chi connectivity index (χ3v) is 5.35. The quantitative estimate of drug-likeness (QED) is 0.619. The molecule has 0 radical (unpaired) electrons. The van der Waals surface area contributed by atoms with Crippen molar-refractivity contribution in [1.29, 1.82) is 0 Å². The number of amides is 2. The molecule has 0 saturated carbocycles. The van der Waals surface area contributed by atoms with Gasteiger partial charge in [-0.15, -0.1) is 12.4 Å². The number of piperidine rings is 1. The Bertz CT molecular complexity index is 722. The number of nitrogens with one attached hydrogen (secondary N) is 1. The zero-order valence-corrected chi connectivity index (χ0v) is 18.1. The monoisotopic (exact) mass is 439 g/mol. The summed E-state index contributed by atoms with van der Waals surface area (Å²) >= 11 is 0. The van der Waals surface area contributed by atoms with E-state index in [1.807, 2.05) is 0 Å². The van der Waals surface area contributed by atoms with E-state index in [1.165, 1.54) is 4.90 Å². The van der Waals surface area contributed by atoms with Crippen LogP contribution in [0, 0.1) is 5.92 Å². The number of nitrogens with zero attached hydrogens (tertiary/aromatic N) is 2. The molecule has 0 aliphatic carbocycles. The van der Waals surface area contributed by atoms with Crippen molar-refractivity contribution in [2.24, 2.45) is 5.92 Å². The van der Waals surface area contributed by atoms with E-state index < -0.39 is 5.97 Å². The minimum absolute atomic E-state index is 0. The molecule has 0 bridgehead atoms. The molecule has 1 aromatic carbocycles. The van der Waals surface area contributed by atoms with E-state index >= 15 is 0 Å². The molecule has 0 unspecified atom stereocenters. The highest BCUT2D eigenvalue weighted by Crippen LogP contribution is 2.23. The Labute approximate surface area is 183 Å². The maximum absolute atomic E-state index is 12.6. The number of esters is 1. The molecule has 2 aliphatic rings. The SMILES string of the molecule is CCOC(=O)COc1ccc(N2CC(=O)N(CCC3CCNCC3)CC2=O)cc1.Cl. The van der Waals surface area contributed by atoms with E-state index in [0.717, 1.165) is 32.4 Å². The van der Waals surface area contributed by atoms with E-state index in [1.54, 1.807) is 36.1 Å². The smallest absolute Gasteiger partial charge is 0.344 e. The largest absolute Gasteiger partial charge is 0.482 e. The van der Waals surface area contributed by atoms with E-state index in [9.17, 15) is 14.4 Å². The average molecular weight is 440 g/mol. The van der Waals surface area contributed by atoms with E-state index in [4.69, 9.17) is 9.47 Å². The van der Waals surface area contributed by atoms with E-state index in [2.05, 4.69) is 5.32 Å². The van der Waals surface area contributed by atoms with Gasteiger partial charge in [0, 0.05) is 12.2 Å². The van der Waals surface area contributed by atoms with Crippen LogP contribution in [0.15, 0.2) is 24.3 Å². The van der Waals surface area contributed by atoms with Crippen molar-refractivity contribution >= 4 is 35.9 Å². The summed E-state index contributed by atoms with van der Waals surface area (Å²) < 4.78 is 10.2. The average Bonchev–Trinajstić information content (AvgIpc) is 2.74. The minimum Gasteiger partial charge on any atom is -0.482 e. The third-order valence-electron chi connectivity index (χ3n) is 5.35. The lowest BCUT2D eigenvalue weighted by Gasteiger charge is -2.35. The van der Waals surface area contributed by atoms with Gasteiger partial charge in [-0.2, -0.15) is 0 Å². The second-order valence-electron chi connectivity index (χ2n) is 7.36. The van der Waals surface area contributed by atoms with Gasteiger partial charge >= 0.3 is 5.97 Å². The Morgan fingerprint density at radius 3 is 2.47 bits per heavy atom. The number of hydrogen-bond donors (Lipinski definition) is 1. The summed E-state index contributed by atoms with van der Waals surface area (Å²) in [5.74, 6) is 0.578. The highest BCUT2D eigenvalue weighted by Gasteiger charge is 2.31. The van der Waals surface area contributed by atoms with Crippen LogP contribution in [0.4, 0.5) is 5.69 Å². The molecule has 2 aliphatic heterocycles. The zero-order chi connectivity index (χ0) is 20.6. The fourth-order valence-corrected chi connectivity index (χ4v) is 3.68. The Morgan fingerprint density at radius 2 is 1.80 bits per heavy atom. The van der Waals surface area contributed by atoms with Crippen LogP contribution in [-0.2, 0) is 19.1 Å². The van der Waals surface area contributed by atoms with Crippen molar-refractivity contribution in [1.82, 2.24) is 10.2 Å². The molecule has 8 nitrogen and oxygen atoms in total. The molecule has 3 rings (SSSR count). The molecular weight excluding hydrogens is 410 g/mol. The number of ether oxygens (including phenoxy) is 2. The number of halogens is 1. The second kappa shape index (κ2) is 11.8. The van der Waals surface area contributed by atoms with Crippen LogP contribution in [0.25, 0.3) is 0 Å². The van der Waals surface area contributed by atoms with E-state index in [0.29, 0.717) is 30.5 Å². The molecule has 1 aromatic rings. The molecule has 166 valence electrons. The van der Waals surface area contributed by atoms with Gasteiger partial charge in [0.2, 0.25) is 11.8 Å². The standard InChI is InChI=1S/C21H29N3O5.ClH/c1-2-28-21(27)15-29-18-5-3-17(4-6-18)24-14-19(25)23(13-20(24)26)12-9-16-7-10-22-11-8-16;/h3-6,16,22H,2,7-15H2,1H3;1H. The first-order valence-electron chi connectivity index (χ1n) is 10.2. The third kappa shape index (κ3) is 6.60. The van der Waals surface area contributed by atoms with Crippen LogP contribution in [0.3, 0.4) is 0 Å². The van der Waals surface area contributed by atoms with Gasteiger partial charge < -0.3 is 24.6 Å². The van der Waals surface area contributed by atoms with Crippen LogP contribution < -0.4 is 15.0 Å². The van der Waals surface area contributed by atoms with Crippen molar-refractivity contribution in [3.05, 3.63) is 24.3 Å². The highest BCUT2D eigenvalue weighted by molar-refractivity contribution is 6.04. The summed E-state index contributed by atoms with van der Waals surface area (Å²) in [5, 5.41) is 3.34. The molecule has 2 saturated heterocycles. The summed E-state index contributed by atoms with van der Waals surface area (Å²) in [6.07, 6.45) is 3.21. The number of hydrogen-bond acceptors (Lipinski definition) is 6. The van der Waals surface area contributed by atoms with Crippen LogP contribution in [0.1, 0.15) is 26.2 Å². The molecule has 30 heavy (non-hydrogen) atoms. The Balaban J connectivity index is 0.00000320. The number of carbonyl (C=O) groups is 3. The molecule has 0 atom stereocenters. The van der Waals surface area contributed by atoms with Gasteiger partial charge in [0.05, 0.1) is 6.61 Å². The van der Waals surface area contributed by atoms with Gasteiger partial charge in [0.15, 0.2) is 6.61 Å². The Kier molecular flexibility index (Phi) is 9.39. The molecule has 2 fully saturated rings. The van der Waals surface area contributed by atoms with Crippen molar-refractivity contribution in [3.63, 3.8) is 0 Å². The fraction of sp³-hybridized carbons (Fsp3) is 0.571. The molecule has 2 heterocycles. The van der Waals surface area contributed by atoms with Gasteiger partial charge in [-0.05, 0) is 69.5 Å². The van der Waals surface area contributed by atoms with Gasteiger partial charge in [-0.3, -0.25) is 9.59 Å². The zero-order valence-electron chi connectivity index (χ0n) is 17.3. The van der Waals surface area contributed by atoms with Crippen molar-refractivity contribution < 1.29 is 23.9 Å². The summed E-state index contributed by atoms with van der Waals surface area (Å²) in [7, 11) is 0. The normalized spacial score (nSPS) is 17.5. The number of benzene rings is 1. The molecule has 9 heteroatoms. The molecule has 2 amide bonds. The first-order valence-corrected chi connectivity index (χ1v) is 10.2. The molecule has 1 N–H and O–H groups in total. The topological polar surface area (TPSA) is 88.2 Å². The maximum Gasteiger partial charge on any atom is 0.344 e. The lowest BCUT2D eigenvalue weighted by molar-refractivity contribution is -0.145. The highest BCUT2D eigenvalue weighted by atomic mass is 35.5.